The van der Waals surface area contributed by atoms with Gasteiger partial charge in [0, 0.05) is 0 Å². The minimum absolute atomic E-state index is 0.128. The highest BCUT2D eigenvalue weighted by molar-refractivity contribution is 5.49. The molecule has 6 aromatic carbocycles. The van der Waals surface area contributed by atoms with Gasteiger partial charge in [0.15, 0.2) is 0 Å². The fraction of sp³-hybridized carbons (Fsp3) is 0.192. The van der Waals surface area contributed by atoms with E-state index in [1.807, 2.05) is 109 Å². The summed E-state index contributed by atoms with van der Waals surface area (Å²) in [7, 11) is 0. The Morgan fingerprint density at radius 1 is 0.351 bits per heavy atom. The average Bonchev–Trinajstić information content (AvgIpc) is 3.29. The normalized spacial score (nSPS) is 12.8. The summed E-state index contributed by atoms with van der Waals surface area (Å²) < 4.78 is 34.6. The first kappa shape index (κ1) is 41.0. The van der Waals surface area contributed by atoms with Crippen LogP contribution < -0.4 is 0 Å². The highest BCUT2D eigenvalue weighted by atomic mass is 16.6. The second-order valence-corrected chi connectivity index (χ2v) is 13.6. The van der Waals surface area contributed by atoms with Crippen molar-refractivity contribution in [3.05, 3.63) is 253 Å². The van der Waals surface area contributed by atoms with Crippen LogP contribution in [0, 0.1) is 0 Å². The maximum atomic E-state index is 7.33. The molecule has 0 heterocycles. The predicted octanol–water partition coefficient (Wildman–Crippen LogP) is 10.7. The van der Waals surface area contributed by atoms with Gasteiger partial charge in [-0.3, -0.25) is 0 Å². The van der Waals surface area contributed by atoms with E-state index >= 15 is 0 Å². The minimum Gasteiger partial charge on any atom is -0.369 e. The van der Waals surface area contributed by atoms with Crippen molar-refractivity contribution in [3.8, 4) is 0 Å². The minimum atomic E-state index is -0.987. The SMILES string of the molecule is C=CCOC([C@H](COC(c1ccccc1)(c1ccccc1)c1ccccc1)OCC=C)[C@H](COC(c1ccccc1)(c1ccccc1)c1ccccc1)OCC=C. The molecule has 0 amide bonds. The van der Waals surface area contributed by atoms with Crippen molar-refractivity contribution in [1.82, 2.24) is 0 Å². The van der Waals surface area contributed by atoms with E-state index in [0.29, 0.717) is 0 Å². The topological polar surface area (TPSA) is 46.2 Å². The standard InChI is InChI=1S/C52H52O5/c1-4-37-53-48(40-56-51(42-25-13-7-14-26-42,43-27-15-8-16-28-43)44-29-17-9-18-30-44)50(55-39-6-3)49(54-38-5-2)41-57-52(45-31-19-10-20-32-45,46-33-21-11-22-34-46)47-35-23-12-24-36-47/h4-36,48-50H,1-3,37-41H2/t48-,49-/m0/s1. The maximum absolute atomic E-state index is 7.33. The van der Waals surface area contributed by atoms with Gasteiger partial charge in [0.2, 0.25) is 0 Å². The lowest BCUT2D eigenvalue weighted by molar-refractivity contribution is -0.176. The lowest BCUT2D eigenvalue weighted by Gasteiger charge is -2.40. The highest BCUT2D eigenvalue weighted by Gasteiger charge is 2.43. The van der Waals surface area contributed by atoms with E-state index in [1.165, 1.54) is 0 Å². The van der Waals surface area contributed by atoms with E-state index in [9.17, 15) is 0 Å². The number of ether oxygens (including phenoxy) is 5. The van der Waals surface area contributed by atoms with E-state index < -0.39 is 29.5 Å². The summed E-state index contributed by atoms with van der Waals surface area (Å²) in [6, 6.07) is 61.8. The Labute approximate surface area is 338 Å². The molecule has 2 atom stereocenters. The third kappa shape index (κ3) is 9.66. The van der Waals surface area contributed by atoms with Gasteiger partial charge in [-0.15, -0.1) is 19.7 Å². The fourth-order valence-corrected chi connectivity index (χ4v) is 7.44. The maximum Gasteiger partial charge on any atom is 0.143 e. The molecule has 0 aliphatic carbocycles. The van der Waals surface area contributed by atoms with Crippen LogP contribution in [0.25, 0.3) is 0 Å². The molecule has 0 aromatic heterocycles. The van der Waals surface area contributed by atoms with Crippen molar-refractivity contribution in [3.63, 3.8) is 0 Å². The van der Waals surface area contributed by atoms with E-state index in [2.05, 4.69) is 92.5 Å². The molecule has 0 bridgehead atoms. The van der Waals surface area contributed by atoms with Crippen molar-refractivity contribution >= 4 is 0 Å². The van der Waals surface area contributed by atoms with Crippen LogP contribution in [0.4, 0.5) is 0 Å². The molecule has 290 valence electrons. The zero-order valence-electron chi connectivity index (χ0n) is 32.5. The van der Waals surface area contributed by atoms with Crippen LogP contribution in [0.15, 0.2) is 220 Å². The Morgan fingerprint density at radius 2 is 0.579 bits per heavy atom. The number of rotatable bonds is 23. The van der Waals surface area contributed by atoms with Crippen molar-refractivity contribution in [2.75, 3.05) is 33.0 Å². The Morgan fingerprint density at radius 3 is 0.807 bits per heavy atom. The van der Waals surface area contributed by atoms with Crippen LogP contribution in [0.5, 0.6) is 0 Å². The molecule has 5 heteroatoms. The third-order valence-electron chi connectivity index (χ3n) is 10.0. The van der Waals surface area contributed by atoms with Gasteiger partial charge in [-0.1, -0.05) is 200 Å². The summed E-state index contributed by atoms with van der Waals surface area (Å²) in [6.45, 7) is 13.0. The molecule has 0 aliphatic rings. The zero-order chi connectivity index (χ0) is 39.6. The number of hydrogen-bond acceptors (Lipinski definition) is 5. The van der Waals surface area contributed by atoms with Crippen molar-refractivity contribution in [1.29, 1.82) is 0 Å². The summed E-state index contributed by atoms with van der Waals surface area (Å²) >= 11 is 0. The second kappa shape index (κ2) is 21.0. The summed E-state index contributed by atoms with van der Waals surface area (Å²) in [4.78, 5) is 0. The number of hydrogen-bond donors (Lipinski definition) is 0. The fourth-order valence-electron chi connectivity index (χ4n) is 7.44. The molecule has 0 aliphatic heterocycles. The van der Waals surface area contributed by atoms with Gasteiger partial charge in [0.05, 0.1) is 33.0 Å². The highest BCUT2D eigenvalue weighted by Crippen LogP contribution is 2.42. The zero-order valence-corrected chi connectivity index (χ0v) is 32.5. The van der Waals surface area contributed by atoms with E-state index in [0.717, 1.165) is 33.4 Å². The Hall–Kier alpha value is -5.66. The van der Waals surface area contributed by atoms with Crippen molar-refractivity contribution < 1.29 is 23.7 Å². The second-order valence-electron chi connectivity index (χ2n) is 13.6. The van der Waals surface area contributed by atoms with Gasteiger partial charge in [0.1, 0.15) is 29.5 Å². The first-order valence-electron chi connectivity index (χ1n) is 19.5. The molecule has 57 heavy (non-hydrogen) atoms. The van der Waals surface area contributed by atoms with Crippen LogP contribution in [-0.2, 0) is 34.9 Å². The summed E-state index contributed by atoms with van der Waals surface area (Å²) in [6.07, 6.45) is 3.24. The Bertz CT molecular complexity index is 1710. The van der Waals surface area contributed by atoms with Gasteiger partial charge in [-0.2, -0.15) is 0 Å². The van der Waals surface area contributed by atoms with E-state index in [1.54, 1.807) is 18.2 Å². The summed E-state index contributed by atoms with van der Waals surface area (Å²) in [5.41, 5.74) is 3.91. The number of benzene rings is 6. The molecule has 0 fully saturated rings. The molecular weight excluding hydrogens is 705 g/mol. The molecule has 6 rings (SSSR count). The molecule has 0 spiro atoms. The summed E-state index contributed by atoms with van der Waals surface area (Å²) in [5, 5.41) is 0. The lowest BCUT2D eigenvalue weighted by atomic mass is 9.80. The molecular formula is C52H52O5. The predicted molar refractivity (Wildman–Crippen MR) is 230 cm³/mol. The Balaban J connectivity index is 1.44. The largest absolute Gasteiger partial charge is 0.369 e. The lowest BCUT2D eigenvalue weighted by Crippen LogP contribution is -2.50. The first-order chi connectivity index (χ1) is 28.2. The van der Waals surface area contributed by atoms with Gasteiger partial charge >= 0.3 is 0 Å². The monoisotopic (exact) mass is 756 g/mol. The molecule has 0 unspecified atom stereocenters. The van der Waals surface area contributed by atoms with Crippen LogP contribution >= 0.6 is 0 Å². The smallest absolute Gasteiger partial charge is 0.143 e. The molecule has 0 saturated carbocycles. The van der Waals surface area contributed by atoms with Crippen LogP contribution in [0.3, 0.4) is 0 Å². The van der Waals surface area contributed by atoms with Crippen molar-refractivity contribution in [2.24, 2.45) is 0 Å². The van der Waals surface area contributed by atoms with Crippen LogP contribution in [0.2, 0.25) is 0 Å². The molecule has 0 radical (unpaired) electrons. The van der Waals surface area contributed by atoms with Crippen LogP contribution in [-0.4, -0.2) is 51.3 Å². The van der Waals surface area contributed by atoms with Gasteiger partial charge in [0.25, 0.3) is 0 Å². The van der Waals surface area contributed by atoms with Crippen molar-refractivity contribution in [2.45, 2.75) is 29.5 Å². The summed E-state index contributed by atoms with van der Waals surface area (Å²) in [5.74, 6) is 0. The molecule has 0 N–H and O–H groups in total. The van der Waals surface area contributed by atoms with Crippen LogP contribution in [0.1, 0.15) is 33.4 Å². The Kier molecular flexibility index (Phi) is 15.1. The first-order valence-corrected chi connectivity index (χ1v) is 19.5. The van der Waals surface area contributed by atoms with Gasteiger partial charge in [-0.05, 0) is 33.4 Å². The molecule has 6 aromatic rings. The van der Waals surface area contributed by atoms with Gasteiger partial charge < -0.3 is 23.7 Å². The molecule has 0 saturated heterocycles. The van der Waals surface area contributed by atoms with E-state index in [-0.39, 0.29) is 33.0 Å². The van der Waals surface area contributed by atoms with Gasteiger partial charge in [-0.25, -0.2) is 0 Å². The third-order valence-corrected chi connectivity index (χ3v) is 10.0. The van der Waals surface area contributed by atoms with E-state index in [4.69, 9.17) is 23.7 Å². The average molecular weight is 757 g/mol. The quantitative estimate of drug-likeness (QED) is 0.0481. The molecule has 5 nitrogen and oxygen atoms in total.